The Bertz CT molecular complexity index is 1870. The summed E-state index contributed by atoms with van der Waals surface area (Å²) in [5, 5.41) is 38.9. The van der Waals surface area contributed by atoms with Crippen LogP contribution < -0.4 is 16.0 Å². The number of phenols is 1. The highest BCUT2D eigenvalue weighted by Crippen LogP contribution is 2.36. The lowest BCUT2D eigenvalue weighted by Crippen LogP contribution is -2.25. The summed E-state index contributed by atoms with van der Waals surface area (Å²) >= 11 is 0. The zero-order valence-electron chi connectivity index (χ0n) is 25.3. The molecule has 10 heteroatoms. The molecule has 1 unspecified atom stereocenters. The number of aryl methyl sites for hydroxylation is 2. The first kappa shape index (κ1) is 30.8. The van der Waals surface area contributed by atoms with Crippen LogP contribution in [0.4, 0.5) is 16.2 Å². The molecule has 0 fully saturated rings. The van der Waals surface area contributed by atoms with Crippen LogP contribution in [0, 0.1) is 0 Å². The number of hydrogen-bond donors (Lipinski definition) is 6. The lowest BCUT2D eigenvalue weighted by Gasteiger charge is -2.23. The van der Waals surface area contributed by atoms with Gasteiger partial charge in [0.2, 0.25) is 5.91 Å². The van der Waals surface area contributed by atoms with Gasteiger partial charge in [-0.3, -0.25) is 10.1 Å². The van der Waals surface area contributed by atoms with E-state index in [4.69, 9.17) is 4.42 Å². The predicted octanol–water partition coefficient (Wildman–Crippen LogP) is 6.56. The molecule has 2 heterocycles. The summed E-state index contributed by atoms with van der Waals surface area (Å²) in [5.74, 6) is 0.535. The van der Waals surface area contributed by atoms with Crippen LogP contribution in [0.2, 0.25) is 0 Å². The molecule has 46 heavy (non-hydrogen) atoms. The second-order valence-corrected chi connectivity index (χ2v) is 11.5. The minimum absolute atomic E-state index is 0.00481. The highest BCUT2D eigenvalue weighted by atomic mass is 16.4. The van der Waals surface area contributed by atoms with Crippen molar-refractivity contribution in [2.75, 3.05) is 17.2 Å². The summed E-state index contributed by atoms with van der Waals surface area (Å²) in [6.45, 7) is 0.824. The van der Waals surface area contributed by atoms with Crippen molar-refractivity contribution in [1.29, 1.82) is 0 Å². The molecule has 4 aromatic carbocycles. The van der Waals surface area contributed by atoms with Gasteiger partial charge in [-0.2, -0.15) is 0 Å². The van der Waals surface area contributed by atoms with Crippen LogP contribution in [-0.2, 0) is 30.6 Å². The number of nitrogens with zero attached hydrogens (tertiary/aromatic N) is 1. The number of oxazole rings is 1. The smallest absolute Gasteiger partial charge is 0.409 e. The Morgan fingerprint density at radius 1 is 0.957 bits per heavy atom. The third-order valence-electron chi connectivity index (χ3n) is 8.23. The predicted molar refractivity (Wildman–Crippen MR) is 176 cm³/mol. The lowest BCUT2D eigenvalue weighted by atomic mass is 9.93. The van der Waals surface area contributed by atoms with Crippen LogP contribution in [0.15, 0.2) is 83.3 Å². The Kier molecular flexibility index (Phi) is 9.28. The summed E-state index contributed by atoms with van der Waals surface area (Å²) < 4.78 is 5.98. The van der Waals surface area contributed by atoms with Gasteiger partial charge in [0.05, 0.1) is 17.5 Å². The fourth-order valence-corrected chi connectivity index (χ4v) is 5.95. The van der Waals surface area contributed by atoms with Crippen molar-refractivity contribution in [3.63, 3.8) is 0 Å². The maximum absolute atomic E-state index is 11.8. The fraction of sp³-hybridized carbons (Fsp3) is 0.250. The zero-order valence-corrected chi connectivity index (χ0v) is 25.3. The van der Waals surface area contributed by atoms with Gasteiger partial charge in [0, 0.05) is 31.5 Å². The monoisotopic (exact) mass is 620 g/mol. The largest absolute Gasteiger partial charge is 0.506 e. The number of aromatic nitrogens is 1. The van der Waals surface area contributed by atoms with Crippen LogP contribution in [0.5, 0.6) is 5.75 Å². The molecule has 0 radical (unpaired) electrons. The second-order valence-electron chi connectivity index (χ2n) is 11.5. The van der Waals surface area contributed by atoms with Crippen molar-refractivity contribution in [1.82, 2.24) is 10.3 Å². The third kappa shape index (κ3) is 7.20. The van der Waals surface area contributed by atoms with E-state index >= 15 is 0 Å². The number of fused-ring (bicyclic) bond motifs is 2. The zero-order chi connectivity index (χ0) is 32.0. The molecule has 0 bridgehead atoms. The lowest BCUT2D eigenvalue weighted by molar-refractivity contribution is -0.116. The molecule has 0 aliphatic carbocycles. The van der Waals surface area contributed by atoms with Crippen molar-refractivity contribution < 1.29 is 29.3 Å². The second kappa shape index (κ2) is 13.8. The Morgan fingerprint density at radius 2 is 1.76 bits per heavy atom. The molecule has 6 N–H and O–H groups in total. The molecule has 6 rings (SSSR count). The first-order valence-corrected chi connectivity index (χ1v) is 15.4. The number of rotatable bonds is 12. The van der Waals surface area contributed by atoms with E-state index in [0.29, 0.717) is 55.2 Å². The van der Waals surface area contributed by atoms with Gasteiger partial charge in [-0.15, -0.1) is 0 Å². The van der Waals surface area contributed by atoms with Crippen molar-refractivity contribution in [3.05, 3.63) is 107 Å². The maximum Gasteiger partial charge on any atom is 0.409 e. The summed E-state index contributed by atoms with van der Waals surface area (Å²) in [7, 11) is 0. The number of carbonyl (C=O) groups is 2. The third-order valence-corrected chi connectivity index (χ3v) is 8.23. The Balaban J connectivity index is 1.01. The first-order chi connectivity index (χ1) is 22.3. The summed E-state index contributed by atoms with van der Waals surface area (Å²) in [6, 6.07) is 24.7. The molecule has 1 aliphatic heterocycles. The number of aliphatic hydroxyl groups excluding tert-OH is 1. The van der Waals surface area contributed by atoms with Gasteiger partial charge in [0.1, 0.15) is 11.3 Å². The average Bonchev–Trinajstić information content (AvgIpc) is 3.46. The molecule has 0 spiro atoms. The number of benzene rings is 4. The number of carbonyl (C=O) groups excluding carboxylic acids is 1. The summed E-state index contributed by atoms with van der Waals surface area (Å²) in [5.41, 5.74) is 7.78. The Morgan fingerprint density at radius 3 is 2.59 bits per heavy atom. The number of carboxylic acid groups (broad SMARTS) is 1. The maximum atomic E-state index is 11.8. The number of nitrogens with one attached hydrogen (secondary N) is 3. The molecule has 1 aliphatic rings. The van der Waals surface area contributed by atoms with Gasteiger partial charge >= 0.3 is 6.09 Å². The highest BCUT2D eigenvalue weighted by Gasteiger charge is 2.24. The normalized spacial score (nSPS) is 13.3. The van der Waals surface area contributed by atoms with Crippen molar-refractivity contribution >= 4 is 34.5 Å². The van der Waals surface area contributed by atoms with Crippen molar-refractivity contribution in [3.8, 4) is 16.9 Å². The van der Waals surface area contributed by atoms with Crippen LogP contribution in [0.3, 0.4) is 0 Å². The van der Waals surface area contributed by atoms with E-state index in [0.717, 1.165) is 58.2 Å². The minimum atomic E-state index is -1.09. The van der Waals surface area contributed by atoms with E-state index in [1.807, 2.05) is 66.7 Å². The molecule has 0 saturated heterocycles. The quantitative estimate of drug-likeness (QED) is 0.0676. The van der Waals surface area contributed by atoms with Crippen LogP contribution >= 0.6 is 0 Å². The summed E-state index contributed by atoms with van der Waals surface area (Å²) in [6.07, 6.45) is 2.15. The molecular formula is C36H36N4O6. The van der Waals surface area contributed by atoms with Gasteiger partial charge < -0.3 is 30.4 Å². The number of amides is 2. The van der Waals surface area contributed by atoms with Gasteiger partial charge in [-0.05, 0) is 77.8 Å². The van der Waals surface area contributed by atoms with Gasteiger partial charge in [-0.25, -0.2) is 9.78 Å². The molecular weight excluding hydrogens is 584 g/mol. The van der Waals surface area contributed by atoms with E-state index in [-0.39, 0.29) is 11.7 Å². The topological polar surface area (TPSA) is 157 Å². The van der Waals surface area contributed by atoms with Crippen molar-refractivity contribution in [2.45, 2.75) is 51.2 Å². The fourth-order valence-electron chi connectivity index (χ4n) is 5.95. The molecule has 5 aromatic rings. The molecule has 0 saturated carbocycles. The van der Waals surface area contributed by atoms with Gasteiger partial charge in [0.25, 0.3) is 0 Å². The summed E-state index contributed by atoms with van der Waals surface area (Å²) in [4.78, 5) is 27.9. The first-order valence-electron chi connectivity index (χ1n) is 15.4. The molecule has 236 valence electrons. The number of aromatic hydroxyl groups is 1. The van der Waals surface area contributed by atoms with E-state index in [2.05, 4.69) is 20.9 Å². The molecule has 1 atom stereocenters. The van der Waals surface area contributed by atoms with E-state index in [1.54, 1.807) is 6.07 Å². The van der Waals surface area contributed by atoms with Crippen LogP contribution in [-0.4, -0.2) is 38.8 Å². The average molecular weight is 621 g/mol. The van der Waals surface area contributed by atoms with E-state index in [1.165, 1.54) is 6.07 Å². The van der Waals surface area contributed by atoms with Gasteiger partial charge in [0.15, 0.2) is 11.5 Å². The molecule has 10 nitrogen and oxygen atoms in total. The van der Waals surface area contributed by atoms with Crippen molar-refractivity contribution in [2.24, 2.45) is 0 Å². The molecule has 2 amide bonds. The highest BCUT2D eigenvalue weighted by molar-refractivity contribution is 5.96. The van der Waals surface area contributed by atoms with Gasteiger partial charge in [-0.1, -0.05) is 54.6 Å². The van der Waals surface area contributed by atoms with E-state index in [9.17, 15) is 24.9 Å². The molecule has 1 aromatic heterocycles. The Labute approximate surface area is 266 Å². The van der Waals surface area contributed by atoms with Crippen LogP contribution in [0.1, 0.15) is 53.5 Å². The number of aliphatic hydroxyl groups is 1. The minimum Gasteiger partial charge on any atom is -0.506 e. The SMILES string of the molecule is O=C(O)Nc1cc(CCCCc2nc3cc(CNCC(O)c4ccc(O)c5c4CCC(=O)N5)ccc3o2)ccc1-c1ccccc1. The number of phenolic OH excluding ortho intramolecular Hbond substituents is 1. The van der Waals surface area contributed by atoms with Crippen LogP contribution in [0.25, 0.3) is 22.2 Å². The standard InChI is InChI=1S/C36H36N4O6/c41-30-15-13-26(27-14-17-33(43)40-35(27)30)31(42)21-37-20-23-11-16-32-29(19-23)38-34(46-32)9-5-4-6-22-10-12-25(24-7-2-1-3-8-24)28(18-22)39-36(44)45/h1-3,7-8,10-13,15-16,18-19,31,37,39,41-42H,4-6,9,14,17,20-21H2,(H,40,43)(H,44,45). The van der Waals surface area contributed by atoms with E-state index < -0.39 is 12.2 Å². The number of unbranched alkanes of at least 4 members (excludes halogenated alkanes) is 1. The number of anilines is 2. The number of hydrogen-bond acceptors (Lipinski definition) is 7. The Hall–Kier alpha value is -5.19.